The lowest BCUT2D eigenvalue weighted by Crippen LogP contribution is -2.31. The van der Waals surface area contributed by atoms with Crippen molar-refractivity contribution in [3.8, 4) is 11.5 Å². The molecule has 0 fully saturated rings. The van der Waals surface area contributed by atoms with E-state index in [1.807, 2.05) is 54.6 Å². The second kappa shape index (κ2) is 9.93. The monoisotopic (exact) mass is 469 g/mol. The van der Waals surface area contributed by atoms with Crippen molar-refractivity contribution in [1.82, 2.24) is 4.57 Å². The molecule has 2 N–H and O–H groups in total. The number of ether oxygens (including phenoxy) is 2. The first-order valence-electron chi connectivity index (χ1n) is 11.7. The number of carbonyl (C=O) groups is 1. The van der Waals surface area contributed by atoms with Gasteiger partial charge in [0.15, 0.2) is 11.5 Å². The zero-order valence-corrected chi connectivity index (χ0v) is 19.5. The Labute approximate surface area is 203 Å². The molecule has 178 valence electrons. The Bertz CT molecular complexity index is 1410. The van der Waals surface area contributed by atoms with Gasteiger partial charge >= 0.3 is 0 Å². The summed E-state index contributed by atoms with van der Waals surface area (Å²) in [7, 11) is 0. The predicted octanol–water partition coefficient (Wildman–Crippen LogP) is 4.59. The summed E-state index contributed by atoms with van der Waals surface area (Å²) in [5.41, 5.74) is 3.81. The molecule has 4 aromatic rings. The number of aryl methyl sites for hydroxylation is 1. The third-order valence-corrected chi connectivity index (χ3v) is 6.04. The summed E-state index contributed by atoms with van der Waals surface area (Å²) in [5.74, 6) is 0.925. The second-order valence-electron chi connectivity index (χ2n) is 8.43. The Hall–Kier alpha value is -4.26. The van der Waals surface area contributed by atoms with Gasteiger partial charge in [-0.1, -0.05) is 37.3 Å². The van der Waals surface area contributed by atoms with E-state index in [1.165, 1.54) is 10.1 Å². The Morgan fingerprint density at radius 3 is 2.34 bits per heavy atom. The zero-order valence-electron chi connectivity index (χ0n) is 19.5. The molecule has 35 heavy (non-hydrogen) atoms. The smallest absolute Gasteiger partial charge is 0.256 e. The van der Waals surface area contributed by atoms with Crippen molar-refractivity contribution in [2.45, 2.75) is 26.4 Å². The first kappa shape index (κ1) is 22.5. The fourth-order valence-electron chi connectivity index (χ4n) is 4.18. The molecule has 0 radical (unpaired) electrons. The van der Waals surface area contributed by atoms with Crippen LogP contribution in [0.3, 0.4) is 0 Å². The Morgan fingerprint density at radius 2 is 1.63 bits per heavy atom. The number of amides is 1. The van der Waals surface area contributed by atoms with Crippen molar-refractivity contribution in [2.75, 3.05) is 23.8 Å². The van der Waals surface area contributed by atoms with Gasteiger partial charge in [0, 0.05) is 34.9 Å². The van der Waals surface area contributed by atoms with Gasteiger partial charge in [0.1, 0.15) is 19.8 Å². The molecule has 0 spiro atoms. The number of nitrogens with zero attached hydrogens (tertiary/aromatic N) is 1. The minimum Gasteiger partial charge on any atom is -0.486 e. The lowest BCUT2D eigenvalue weighted by molar-refractivity contribution is -0.116. The number of pyridine rings is 1. The second-order valence-corrected chi connectivity index (χ2v) is 8.43. The van der Waals surface area contributed by atoms with Crippen LogP contribution in [0.2, 0.25) is 0 Å². The molecule has 2 heterocycles. The van der Waals surface area contributed by atoms with Crippen LogP contribution in [0, 0.1) is 0 Å². The van der Waals surface area contributed by atoms with Crippen molar-refractivity contribution in [2.24, 2.45) is 0 Å². The van der Waals surface area contributed by atoms with Crippen LogP contribution in [0.4, 0.5) is 11.4 Å². The Kier molecular flexibility index (Phi) is 6.39. The van der Waals surface area contributed by atoms with E-state index in [1.54, 1.807) is 6.07 Å². The molecule has 5 rings (SSSR count). The topological polar surface area (TPSA) is 81.6 Å². The Balaban J connectivity index is 1.49. The van der Waals surface area contributed by atoms with Gasteiger partial charge in [0.05, 0.1) is 5.52 Å². The van der Waals surface area contributed by atoms with E-state index in [9.17, 15) is 9.59 Å². The summed E-state index contributed by atoms with van der Waals surface area (Å²) >= 11 is 0. The molecular formula is C28H27N3O4. The number of aromatic nitrogens is 1. The quantitative estimate of drug-likeness (QED) is 0.414. The molecule has 0 bridgehead atoms. The van der Waals surface area contributed by atoms with Gasteiger partial charge in [-0.2, -0.15) is 0 Å². The molecule has 0 atom stereocenters. The average Bonchev–Trinajstić information content (AvgIpc) is 2.89. The number of hydrogen-bond acceptors (Lipinski definition) is 5. The highest BCUT2D eigenvalue weighted by atomic mass is 16.6. The SMILES string of the molecule is CCc1ccc(NCc2cc3cc4c(cc3n(CC(=O)Nc3ccccc3)c2=O)OCCO4)cc1. The lowest BCUT2D eigenvalue weighted by Gasteiger charge is -2.21. The van der Waals surface area contributed by atoms with Gasteiger partial charge in [0.2, 0.25) is 5.91 Å². The summed E-state index contributed by atoms with van der Waals surface area (Å²) in [6, 6.07) is 22.9. The third-order valence-electron chi connectivity index (χ3n) is 6.04. The molecule has 1 aromatic heterocycles. The highest BCUT2D eigenvalue weighted by molar-refractivity contribution is 5.92. The average molecular weight is 470 g/mol. The van der Waals surface area contributed by atoms with Crippen LogP contribution < -0.4 is 25.7 Å². The fourth-order valence-corrected chi connectivity index (χ4v) is 4.18. The maximum atomic E-state index is 13.5. The van der Waals surface area contributed by atoms with Crippen LogP contribution in [0.25, 0.3) is 10.9 Å². The van der Waals surface area contributed by atoms with Crippen LogP contribution >= 0.6 is 0 Å². The van der Waals surface area contributed by atoms with E-state index < -0.39 is 0 Å². The predicted molar refractivity (Wildman–Crippen MR) is 137 cm³/mol. The minimum absolute atomic E-state index is 0.122. The van der Waals surface area contributed by atoms with E-state index in [-0.39, 0.29) is 18.0 Å². The number of rotatable bonds is 7. The molecule has 7 nitrogen and oxygen atoms in total. The van der Waals surface area contributed by atoms with Gasteiger partial charge in [0.25, 0.3) is 5.56 Å². The van der Waals surface area contributed by atoms with Crippen molar-refractivity contribution in [1.29, 1.82) is 0 Å². The number of hydrogen-bond donors (Lipinski definition) is 2. The number of carbonyl (C=O) groups excluding carboxylic acids is 1. The standard InChI is InChI=1S/C28H27N3O4/c1-2-19-8-10-22(11-9-19)29-17-21-14-20-15-25-26(35-13-12-34-25)16-24(20)31(28(21)33)18-27(32)30-23-6-4-3-5-7-23/h3-11,14-16,29H,2,12-13,17-18H2,1H3,(H,30,32). The summed E-state index contributed by atoms with van der Waals surface area (Å²) in [4.78, 5) is 26.4. The van der Waals surface area contributed by atoms with Crippen molar-refractivity contribution in [3.05, 3.63) is 94.3 Å². The molecule has 7 heteroatoms. The lowest BCUT2D eigenvalue weighted by atomic mass is 10.1. The van der Waals surface area contributed by atoms with E-state index in [0.29, 0.717) is 48.0 Å². The highest BCUT2D eigenvalue weighted by Gasteiger charge is 2.18. The maximum Gasteiger partial charge on any atom is 0.256 e. The van der Waals surface area contributed by atoms with Crippen molar-refractivity contribution < 1.29 is 14.3 Å². The van der Waals surface area contributed by atoms with E-state index in [4.69, 9.17) is 9.47 Å². The summed E-state index contributed by atoms with van der Waals surface area (Å²) < 4.78 is 13.0. The summed E-state index contributed by atoms with van der Waals surface area (Å²) in [5, 5.41) is 7.00. The summed E-state index contributed by atoms with van der Waals surface area (Å²) in [6.07, 6.45) is 0.969. The number of nitrogens with one attached hydrogen (secondary N) is 2. The van der Waals surface area contributed by atoms with Gasteiger partial charge < -0.3 is 20.1 Å². The zero-order chi connectivity index (χ0) is 24.2. The molecule has 1 aliphatic heterocycles. The molecule has 0 aliphatic carbocycles. The third kappa shape index (κ3) is 4.99. The number of anilines is 2. The summed E-state index contributed by atoms with van der Waals surface area (Å²) in [6.45, 7) is 3.23. The van der Waals surface area contributed by atoms with E-state index in [0.717, 1.165) is 17.5 Å². The number of para-hydroxylation sites is 1. The van der Waals surface area contributed by atoms with Gasteiger partial charge in [-0.25, -0.2) is 0 Å². The van der Waals surface area contributed by atoms with Crippen LogP contribution in [-0.4, -0.2) is 23.7 Å². The van der Waals surface area contributed by atoms with Crippen LogP contribution in [0.1, 0.15) is 18.1 Å². The number of fused-ring (bicyclic) bond motifs is 2. The van der Waals surface area contributed by atoms with Gasteiger partial charge in [-0.15, -0.1) is 0 Å². The minimum atomic E-state index is -0.283. The molecule has 0 unspecified atom stereocenters. The van der Waals surface area contributed by atoms with Crippen molar-refractivity contribution in [3.63, 3.8) is 0 Å². The van der Waals surface area contributed by atoms with Crippen LogP contribution in [-0.2, 0) is 24.3 Å². The fraction of sp³-hybridized carbons (Fsp3) is 0.214. The van der Waals surface area contributed by atoms with Crippen molar-refractivity contribution >= 4 is 28.2 Å². The first-order valence-corrected chi connectivity index (χ1v) is 11.7. The molecule has 1 amide bonds. The largest absolute Gasteiger partial charge is 0.486 e. The van der Waals surface area contributed by atoms with E-state index in [2.05, 4.69) is 29.7 Å². The first-order chi connectivity index (χ1) is 17.1. The molecule has 0 saturated carbocycles. The van der Waals surface area contributed by atoms with Crippen LogP contribution in [0.15, 0.2) is 77.6 Å². The molecule has 0 saturated heterocycles. The molecular weight excluding hydrogens is 442 g/mol. The number of benzene rings is 3. The highest BCUT2D eigenvalue weighted by Crippen LogP contribution is 2.34. The van der Waals surface area contributed by atoms with Gasteiger partial charge in [-0.05, 0) is 48.4 Å². The maximum absolute atomic E-state index is 13.5. The molecule has 1 aliphatic rings. The van der Waals surface area contributed by atoms with Crippen LogP contribution in [0.5, 0.6) is 11.5 Å². The van der Waals surface area contributed by atoms with E-state index >= 15 is 0 Å². The Morgan fingerprint density at radius 1 is 0.914 bits per heavy atom. The normalized spacial score (nSPS) is 12.4. The van der Waals surface area contributed by atoms with Gasteiger partial charge in [-0.3, -0.25) is 14.2 Å². The molecule has 3 aromatic carbocycles.